The predicted molar refractivity (Wildman–Crippen MR) is 62.5 cm³/mol. The molecule has 1 N–H and O–H groups in total. The Morgan fingerprint density at radius 2 is 2.47 bits per heavy atom. The number of aromatic nitrogens is 1. The number of rotatable bonds is 3. The van der Waals surface area contributed by atoms with Crippen molar-refractivity contribution in [3.8, 4) is 0 Å². The molecular formula is C11H18N2OS. The third-order valence-corrected chi connectivity index (χ3v) is 3.98. The van der Waals surface area contributed by atoms with E-state index in [9.17, 15) is 0 Å². The molecule has 0 aromatic carbocycles. The largest absolute Gasteiger partial charge is 0.375 e. The maximum atomic E-state index is 5.70. The van der Waals surface area contributed by atoms with Gasteiger partial charge in [-0.15, -0.1) is 11.3 Å². The molecule has 0 bridgehead atoms. The van der Waals surface area contributed by atoms with Gasteiger partial charge in [-0.2, -0.15) is 0 Å². The van der Waals surface area contributed by atoms with Crippen LogP contribution in [0.25, 0.3) is 0 Å². The van der Waals surface area contributed by atoms with Gasteiger partial charge in [0.1, 0.15) is 0 Å². The first-order valence-corrected chi connectivity index (χ1v) is 6.38. The maximum absolute atomic E-state index is 5.70. The minimum atomic E-state index is 0.336. The molecule has 1 aliphatic rings. The first kappa shape index (κ1) is 11.0. The van der Waals surface area contributed by atoms with Gasteiger partial charge in [0.05, 0.1) is 23.4 Å². The second-order valence-electron chi connectivity index (χ2n) is 3.87. The summed E-state index contributed by atoms with van der Waals surface area (Å²) in [7, 11) is 0. The van der Waals surface area contributed by atoms with E-state index in [1.807, 2.05) is 11.3 Å². The number of hydrogen-bond acceptors (Lipinski definition) is 4. The number of nitrogens with one attached hydrogen (secondary N) is 1. The van der Waals surface area contributed by atoms with Crippen molar-refractivity contribution in [1.82, 2.24) is 10.3 Å². The molecule has 4 heteroatoms. The average Bonchev–Trinajstić information content (AvgIpc) is 2.61. The molecule has 2 heterocycles. The van der Waals surface area contributed by atoms with E-state index in [1.165, 1.54) is 15.6 Å². The molecular weight excluding hydrogens is 208 g/mol. The van der Waals surface area contributed by atoms with Crippen LogP contribution in [0.3, 0.4) is 0 Å². The zero-order valence-corrected chi connectivity index (χ0v) is 10.2. The van der Waals surface area contributed by atoms with Crippen LogP contribution in [0.1, 0.15) is 22.5 Å². The highest BCUT2D eigenvalue weighted by molar-refractivity contribution is 7.11. The lowest BCUT2D eigenvalue weighted by Gasteiger charge is -2.23. The molecule has 1 atom stereocenters. The molecule has 0 saturated carbocycles. The van der Waals surface area contributed by atoms with Crippen molar-refractivity contribution >= 4 is 11.3 Å². The number of aryl methyl sites for hydroxylation is 2. The van der Waals surface area contributed by atoms with Gasteiger partial charge in [-0.25, -0.2) is 4.98 Å². The first-order chi connectivity index (χ1) is 7.29. The lowest BCUT2D eigenvalue weighted by molar-refractivity contribution is 0.0296. The Labute approximate surface area is 94.9 Å². The fourth-order valence-electron chi connectivity index (χ4n) is 1.79. The molecule has 84 valence electrons. The van der Waals surface area contributed by atoms with E-state index in [4.69, 9.17) is 4.74 Å². The van der Waals surface area contributed by atoms with Crippen molar-refractivity contribution in [1.29, 1.82) is 0 Å². The fourth-order valence-corrected chi connectivity index (χ4v) is 2.86. The molecule has 1 unspecified atom stereocenters. The number of ether oxygens (including phenoxy) is 1. The molecule has 15 heavy (non-hydrogen) atoms. The normalized spacial score (nSPS) is 21.9. The van der Waals surface area contributed by atoms with E-state index >= 15 is 0 Å². The van der Waals surface area contributed by atoms with Gasteiger partial charge < -0.3 is 10.1 Å². The van der Waals surface area contributed by atoms with Crippen LogP contribution in [-0.4, -0.2) is 30.8 Å². The summed E-state index contributed by atoms with van der Waals surface area (Å²) in [6.07, 6.45) is 2.38. The number of thiazole rings is 1. The standard InChI is InChI=1S/C11H18N2OS/c1-3-11-13-8(2)10(15-11)6-9-7-12-4-5-14-9/h9,12H,3-7H2,1-2H3. The van der Waals surface area contributed by atoms with Gasteiger partial charge in [0, 0.05) is 24.4 Å². The lowest BCUT2D eigenvalue weighted by atomic mass is 10.2. The van der Waals surface area contributed by atoms with Crippen LogP contribution in [-0.2, 0) is 17.6 Å². The van der Waals surface area contributed by atoms with Crippen molar-refractivity contribution in [3.05, 3.63) is 15.6 Å². The summed E-state index contributed by atoms with van der Waals surface area (Å²) < 4.78 is 5.70. The van der Waals surface area contributed by atoms with E-state index in [-0.39, 0.29) is 0 Å². The Morgan fingerprint density at radius 1 is 1.60 bits per heavy atom. The second-order valence-corrected chi connectivity index (χ2v) is 5.04. The summed E-state index contributed by atoms with van der Waals surface area (Å²) in [5, 5.41) is 4.60. The van der Waals surface area contributed by atoms with Gasteiger partial charge in [0.2, 0.25) is 0 Å². The summed E-state index contributed by atoms with van der Waals surface area (Å²) >= 11 is 1.83. The van der Waals surface area contributed by atoms with E-state index in [1.54, 1.807) is 0 Å². The van der Waals surface area contributed by atoms with Crippen LogP contribution in [0.5, 0.6) is 0 Å². The van der Waals surface area contributed by atoms with E-state index in [2.05, 4.69) is 24.1 Å². The fraction of sp³-hybridized carbons (Fsp3) is 0.727. The topological polar surface area (TPSA) is 34.2 Å². The van der Waals surface area contributed by atoms with E-state index in [0.29, 0.717) is 6.10 Å². The van der Waals surface area contributed by atoms with E-state index < -0.39 is 0 Å². The van der Waals surface area contributed by atoms with Crippen molar-refractivity contribution in [2.75, 3.05) is 19.7 Å². The number of morpholine rings is 1. The first-order valence-electron chi connectivity index (χ1n) is 5.57. The molecule has 0 aliphatic carbocycles. The van der Waals surface area contributed by atoms with Crippen LogP contribution in [0.15, 0.2) is 0 Å². The Kier molecular flexibility index (Phi) is 3.72. The van der Waals surface area contributed by atoms with Crippen molar-refractivity contribution < 1.29 is 4.74 Å². The zero-order chi connectivity index (χ0) is 10.7. The van der Waals surface area contributed by atoms with Crippen molar-refractivity contribution in [3.63, 3.8) is 0 Å². The molecule has 1 saturated heterocycles. The van der Waals surface area contributed by atoms with Gasteiger partial charge in [-0.3, -0.25) is 0 Å². The molecule has 0 radical (unpaired) electrons. The predicted octanol–water partition coefficient (Wildman–Crippen LogP) is 1.54. The van der Waals surface area contributed by atoms with Gasteiger partial charge >= 0.3 is 0 Å². The molecule has 1 aromatic heterocycles. The average molecular weight is 226 g/mol. The molecule has 1 fully saturated rings. The summed E-state index contributed by atoms with van der Waals surface area (Å²) in [5.74, 6) is 0. The molecule has 2 rings (SSSR count). The van der Waals surface area contributed by atoms with Gasteiger partial charge in [-0.1, -0.05) is 6.92 Å². The lowest BCUT2D eigenvalue weighted by Crippen LogP contribution is -2.39. The summed E-state index contributed by atoms with van der Waals surface area (Å²) in [6.45, 7) is 7.04. The Balaban J connectivity index is 1.99. The molecule has 3 nitrogen and oxygen atoms in total. The van der Waals surface area contributed by atoms with Crippen LogP contribution in [0, 0.1) is 6.92 Å². The third kappa shape index (κ3) is 2.77. The second kappa shape index (κ2) is 5.05. The van der Waals surface area contributed by atoms with Crippen molar-refractivity contribution in [2.24, 2.45) is 0 Å². The minimum Gasteiger partial charge on any atom is -0.375 e. The highest BCUT2D eigenvalue weighted by Gasteiger charge is 2.17. The van der Waals surface area contributed by atoms with Crippen molar-refractivity contribution in [2.45, 2.75) is 32.8 Å². The Bertz CT molecular complexity index is 318. The highest BCUT2D eigenvalue weighted by Crippen LogP contribution is 2.21. The van der Waals surface area contributed by atoms with Gasteiger partial charge in [-0.05, 0) is 13.3 Å². The molecule has 0 spiro atoms. The van der Waals surface area contributed by atoms with Crippen LogP contribution >= 0.6 is 11.3 Å². The summed E-state index contributed by atoms with van der Waals surface area (Å²) in [6, 6.07) is 0. The van der Waals surface area contributed by atoms with Crippen LogP contribution < -0.4 is 5.32 Å². The monoisotopic (exact) mass is 226 g/mol. The smallest absolute Gasteiger partial charge is 0.0928 e. The van der Waals surface area contributed by atoms with Crippen LogP contribution in [0.2, 0.25) is 0 Å². The van der Waals surface area contributed by atoms with Gasteiger partial charge in [0.25, 0.3) is 0 Å². The molecule has 1 aliphatic heterocycles. The Hall–Kier alpha value is -0.450. The quantitative estimate of drug-likeness (QED) is 0.849. The molecule has 0 amide bonds. The SMILES string of the molecule is CCc1nc(C)c(CC2CNCCO2)s1. The van der Waals surface area contributed by atoms with Crippen LogP contribution in [0.4, 0.5) is 0 Å². The zero-order valence-electron chi connectivity index (χ0n) is 9.38. The molecule has 1 aromatic rings. The maximum Gasteiger partial charge on any atom is 0.0928 e. The minimum absolute atomic E-state index is 0.336. The van der Waals surface area contributed by atoms with Gasteiger partial charge in [0.15, 0.2) is 0 Å². The summed E-state index contributed by atoms with van der Waals surface area (Å²) in [4.78, 5) is 5.93. The highest BCUT2D eigenvalue weighted by atomic mass is 32.1. The Morgan fingerprint density at radius 3 is 3.07 bits per heavy atom. The third-order valence-electron chi connectivity index (χ3n) is 2.66. The van der Waals surface area contributed by atoms with E-state index in [0.717, 1.165) is 32.5 Å². The summed E-state index contributed by atoms with van der Waals surface area (Å²) in [5.41, 5.74) is 1.19. The number of nitrogens with zero attached hydrogens (tertiary/aromatic N) is 1. The number of hydrogen-bond donors (Lipinski definition) is 1.